The Morgan fingerprint density at radius 2 is 1.88 bits per heavy atom. The van der Waals surface area contributed by atoms with Crippen LogP contribution in [-0.4, -0.2) is 26.3 Å². The number of halogens is 1. The van der Waals surface area contributed by atoms with Gasteiger partial charge in [0.15, 0.2) is 0 Å². The number of ether oxygens (including phenoxy) is 2. The van der Waals surface area contributed by atoms with Crippen LogP contribution >= 0.6 is 27.3 Å². The Bertz CT molecular complexity index is 1140. The molecular weight excluding hydrogens is 488 g/mol. The molecule has 0 bridgehead atoms. The molecule has 0 spiro atoms. The van der Waals surface area contributed by atoms with Crippen LogP contribution in [0, 0.1) is 0 Å². The van der Waals surface area contributed by atoms with Crippen LogP contribution in [-0.2, 0) is 19.4 Å². The number of hydrogen-bond acceptors (Lipinski definition) is 5. The first-order valence-electron chi connectivity index (χ1n) is 10.5. The second-order valence-corrected chi connectivity index (χ2v) is 9.48. The Morgan fingerprint density at radius 1 is 1.12 bits per heavy atom. The summed E-state index contributed by atoms with van der Waals surface area (Å²) >= 11 is 5.14. The van der Waals surface area contributed by atoms with Crippen molar-refractivity contribution in [3.8, 4) is 11.5 Å². The highest BCUT2D eigenvalue weighted by Gasteiger charge is 2.25. The van der Waals surface area contributed by atoms with Crippen molar-refractivity contribution >= 4 is 44.4 Å². The molecule has 1 N–H and O–H groups in total. The molecule has 1 aliphatic carbocycles. The Balaban J connectivity index is 1.65. The third kappa shape index (κ3) is 4.89. The Kier molecular flexibility index (Phi) is 7.27. The smallest absolute Gasteiger partial charge is 0.254 e. The van der Waals surface area contributed by atoms with Crippen LogP contribution in [0.3, 0.4) is 0 Å². The van der Waals surface area contributed by atoms with Crippen molar-refractivity contribution in [3.63, 3.8) is 0 Å². The zero-order valence-electron chi connectivity index (χ0n) is 18.1. The molecular formula is C25H25BrN2O3S. The van der Waals surface area contributed by atoms with Crippen molar-refractivity contribution in [2.24, 2.45) is 4.99 Å². The molecule has 0 unspecified atom stereocenters. The maximum absolute atomic E-state index is 13.2. The van der Waals surface area contributed by atoms with Gasteiger partial charge in [-0.15, -0.1) is 11.3 Å². The first-order chi connectivity index (χ1) is 15.6. The molecule has 5 nitrogen and oxygen atoms in total. The predicted molar refractivity (Wildman–Crippen MR) is 133 cm³/mol. The van der Waals surface area contributed by atoms with E-state index in [0.29, 0.717) is 23.6 Å². The second kappa shape index (κ2) is 10.3. The second-order valence-electron chi connectivity index (χ2n) is 7.55. The van der Waals surface area contributed by atoms with E-state index in [1.54, 1.807) is 31.8 Å². The van der Waals surface area contributed by atoms with Gasteiger partial charge in [0.25, 0.3) is 5.91 Å². The van der Waals surface area contributed by atoms with Gasteiger partial charge in [-0.3, -0.25) is 4.79 Å². The average molecular weight is 513 g/mol. The van der Waals surface area contributed by atoms with E-state index >= 15 is 0 Å². The highest BCUT2D eigenvalue weighted by Crippen LogP contribution is 2.40. The summed E-state index contributed by atoms with van der Waals surface area (Å²) in [6.07, 6.45) is 5.94. The lowest BCUT2D eigenvalue weighted by Gasteiger charge is -2.13. The minimum absolute atomic E-state index is 0.0664. The van der Waals surface area contributed by atoms with E-state index in [9.17, 15) is 4.79 Å². The number of aliphatic imine (C=N–C) groups is 1. The summed E-state index contributed by atoms with van der Waals surface area (Å²) in [6.45, 7) is 0.493. The van der Waals surface area contributed by atoms with Gasteiger partial charge in [0.1, 0.15) is 16.5 Å². The molecule has 0 atom stereocenters. The van der Waals surface area contributed by atoms with Crippen LogP contribution in [0.25, 0.3) is 0 Å². The highest BCUT2D eigenvalue weighted by molar-refractivity contribution is 9.10. The minimum Gasteiger partial charge on any atom is -0.496 e. The fraction of sp³-hybridized carbons (Fsp3) is 0.280. The predicted octanol–water partition coefficient (Wildman–Crippen LogP) is 6.09. The summed E-state index contributed by atoms with van der Waals surface area (Å²) in [5.41, 5.74) is 3.75. The number of thiophene rings is 1. The van der Waals surface area contributed by atoms with Crippen molar-refractivity contribution < 1.29 is 14.3 Å². The minimum atomic E-state index is -0.0664. The van der Waals surface area contributed by atoms with Crippen molar-refractivity contribution in [2.45, 2.75) is 32.2 Å². The first kappa shape index (κ1) is 22.6. The van der Waals surface area contributed by atoms with Gasteiger partial charge in [0, 0.05) is 29.3 Å². The molecule has 0 saturated carbocycles. The van der Waals surface area contributed by atoms with Gasteiger partial charge in [-0.05, 0) is 58.8 Å². The third-order valence-corrected chi connectivity index (χ3v) is 7.32. The zero-order valence-corrected chi connectivity index (χ0v) is 20.5. The Hall–Kier alpha value is -2.64. The van der Waals surface area contributed by atoms with Crippen LogP contribution in [0.15, 0.2) is 51.9 Å². The number of nitrogens with zero attached hydrogens (tertiary/aromatic N) is 1. The highest BCUT2D eigenvalue weighted by atomic mass is 79.9. The Labute approximate surface area is 200 Å². The number of aryl methyl sites for hydroxylation is 1. The number of benzene rings is 2. The van der Waals surface area contributed by atoms with Crippen LogP contribution in [0.2, 0.25) is 0 Å². The number of carbonyl (C=O) groups excluding carboxylic acids is 1. The maximum atomic E-state index is 13.2. The molecule has 32 heavy (non-hydrogen) atoms. The zero-order chi connectivity index (χ0) is 22.5. The van der Waals surface area contributed by atoms with E-state index in [4.69, 9.17) is 14.5 Å². The van der Waals surface area contributed by atoms with Gasteiger partial charge < -0.3 is 14.8 Å². The topological polar surface area (TPSA) is 59.9 Å². The molecule has 1 aliphatic rings. The summed E-state index contributed by atoms with van der Waals surface area (Å²) < 4.78 is 11.7. The molecule has 7 heteroatoms. The largest absolute Gasteiger partial charge is 0.496 e. The van der Waals surface area contributed by atoms with Crippen LogP contribution in [0.1, 0.15) is 44.8 Å². The summed E-state index contributed by atoms with van der Waals surface area (Å²) in [7, 11) is 3.23. The Morgan fingerprint density at radius 3 is 2.62 bits per heavy atom. The monoisotopic (exact) mass is 512 g/mol. The quantitative estimate of drug-likeness (QED) is 0.389. The van der Waals surface area contributed by atoms with E-state index in [0.717, 1.165) is 51.8 Å². The van der Waals surface area contributed by atoms with Gasteiger partial charge in [0.05, 0.1) is 24.3 Å². The third-order valence-electron chi connectivity index (χ3n) is 5.50. The molecule has 1 aromatic heterocycles. The number of hydrogen-bond donors (Lipinski definition) is 1. The summed E-state index contributed by atoms with van der Waals surface area (Å²) in [5, 5.41) is 3.83. The van der Waals surface area contributed by atoms with Crippen LogP contribution in [0.5, 0.6) is 11.5 Å². The SMILES string of the molecule is COc1cc(OC)c(C=Nc2sc3c(c2C(=O)NCc2ccccc2)CCCC3)cc1Br. The maximum Gasteiger partial charge on any atom is 0.254 e. The number of fused-ring (bicyclic) bond motifs is 1. The molecule has 0 radical (unpaired) electrons. The fourth-order valence-corrected chi connectivity index (χ4v) is 5.61. The molecule has 0 fully saturated rings. The number of carbonyl (C=O) groups is 1. The standard InChI is InChI=1S/C25H25BrN2O3S/c1-30-20-13-21(31-2)19(26)12-17(20)15-28-25-23(18-10-6-7-11-22(18)32-25)24(29)27-14-16-8-4-3-5-9-16/h3-5,8-9,12-13,15H,6-7,10-11,14H2,1-2H3,(H,27,29). The van der Waals surface area contributed by atoms with Gasteiger partial charge in [-0.2, -0.15) is 0 Å². The molecule has 0 saturated heterocycles. The van der Waals surface area contributed by atoms with Gasteiger partial charge >= 0.3 is 0 Å². The van der Waals surface area contributed by atoms with Crippen LogP contribution < -0.4 is 14.8 Å². The lowest BCUT2D eigenvalue weighted by molar-refractivity contribution is 0.0951. The molecule has 1 amide bonds. The lowest BCUT2D eigenvalue weighted by atomic mass is 9.95. The number of rotatable bonds is 7. The summed E-state index contributed by atoms with van der Waals surface area (Å²) in [5.74, 6) is 1.28. The van der Waals surface area contributed by atoms with E-state index in [2.05, 4.69) is 21.2 Å². The molecule has 0 aliphatic heterocycles. The van der Waals surface area contributed by atoms with Gasteiger partial charge in [0.2, 0.25) is 0 Å². The van der Waals surface area contributed by atoms with Gasteiger partial charge in [-0.25, -0.2) is 4.99 Å². The molecule has 1 heterocycles. The molecule has 4 rings (SSSR count). The van der Waals surface area contributed by atoms with Crippen molar-refractivity contribution in [1.82, 2.24) is 5.32 Å². The average Bonchev–Trinajstić information content (AvgIpc) is 3.20. The number of nitrogens with one attached hydrogen (secondary N) is 1. The van der Waals surface area contributed by atoms with E-state index in [1.165, 1.54) is 4.88 Å². The van der Waals surface area contributed by atoms with Crippen molar-refractivity contribution in [2.75, 3.05) is 14.2 Å². The molecule has 166 valence electrons. The summed E-state index contributed by atoms with van der Waals surface area (Å²) in [6, 6.07) is 13.7. The fourth-order valence-electron chi connectivity index (χ4n) is 3.86. The lowest BCUT2D eigenvalue weighted by Crippen LogP contribution is -2.24. The van der Waals surface area contributed by atoms with E-state index in [-0.39, 0.29) is 5.91 Å². The van der Waals surface area contributed by atoms with Crippen molar-refractivity contribution in [3.05, 3.63) is 74.1 Å². The number of methoxy groups -OCH3 is 2. The van der Waals surface area contributed by atoms with E-state index < -0.39 is 0 Å². The van der Waals surface area contributed by atoms with Crippen LogP contribution in [0.4, 0.5) is 5.00 Å². The molecule has 2 aromatic carbocycles. The van der Waals surface area contributed by atoms with E-state index in [1.807, 2.05) is 42.5 Å². The first-order valence-corrected chi connectivity index (χ1v) is 12.1. The molecule has 3 aromatic rings. The van der Waals surface area contributed by atoms with Crippen molar-refractivity contribution in [1.29, 1.82) is 0 Å². The normalized spacial score (nSPS) is 13.1. The number of amides is 1. The van der Waals surface area contributed by atoms with Gasteiger partial charge in [-0.1, -0.05) is 30.3 Å². The summed E-state index contributed by atoms with van der Waals surface area (Å²) in [4.78, 5) is 19.2.